The van der Waals surface area contributed by atoms with Crippen molar-refractivity contribution in [2.24, 2.45) is 0 Å². The van der Waals surface area contributed by atoms with Crippen molar-refractivity contribution in [3.63, 3.8) is 0 Å². The summed E-state index contributed by atoms with van der Waals surface area (Å²) in [5.41, 5.74) is 5.89. The van der Waals surface area contributed by atoms with Crippen LogP contribution in [0.2, 0.25) is 0 Å². The Bertz CT molecular complexity index is 2450. The predicted octanol–water partition coefficient (Wildman–Crippen LogP) is 12.7. The molecule has 0 saturated heterocycles. The van der Waals surface area contributed by atoms with Gasteiger partial charge in [-0.2, -0.15) is 0 Å². The average molecular weight is 584 g/mol. The summed E-state index contributed by atoms with van der Waals surface area (Å²) >= 11 is 3.73. The van der Waals surface area contributed by atoms with E-state index in [0.29, 0.717) is 0 Å². The van der Waals surface area contributed by atoms with Crippen LogP contribution < -0.4 is 4.90 Å². The molecule has 0 N–H and O–H groups in total. The minimum Gasteiger partial charge on any atom is -0.310 e. The number of para-hydroxylation sites is 1. The van der Waals surface area contributed by atoms with Gasteiger partial charge in [0.25, 0.3) is 0 Å². The summed E-state index contributed by atoms with van der Waals surface area (Å²) in [5, 5.41) is 7.94. The van der Waals surface area contributed by atoms with Crippen molar-refractivity contribution in [2.45, 2.75) is 0 Å². The molecular weight excluding hydrogens is 559 g/mol. The molecule has 9 rings (SSSR count). The van der Waals surface area contributed by atoms with E-state index in [4.69, 9.17) is 0 Å². The van der Waals surface area contributed by atoms with Crippen molar-refractivity contribution in [1.29, 1.82) is 0 Å². The summed E-state index contributed by atoms with van der Waals surface area (Å²) in [5.74, 6) is 0. The standard InChI is InChI=1S/C40H25NS2/c1-2-8-29(9-3-1)41(31-20-23-38-35(25-31)33-10-4-6-12-36(33)42-38)30-18-14-26(15-19-30)27-16-21-32-28(24-27)17-22-39-40(32)34-11-5-7-13-37(34)43-39/h1-25H. The minimum absolute atomic E-state index is 1.14. The molecule has 0 bridgehead atoms. The van der Waals surface area contributed by atoms with Crippen LogP contribution in [0.4, 0.5) is 17.1 Å². The molecule has 0 aliphatic rings. The zero-order valence-electron chi connectivity index (χ0n) is 23.2. The topological polar surface area (TPSA) is 3.24 Å². The summed E-state index contributed by atoms with van der Waals surface area (Å²) in [6, 6.07) is 55.4. The highest BCUT2D eigenvalue weighted by molar-refractivity contribution is 7.26. The number of anilines is 3. The smallest absolute Gasteiger partial charge is 0.0468 e. The van der Waals surface area contributed by atoms with E-state index in [1.54, 1.807) is 0 Å². The Morgan fingerprint density at radius 2 is 0.953 bits per heavy atom. The van der Waals surface area contributed by atoms with Gasteiger partial charge >= 0.3 is 0 Å². The number of hydrogen-bond donors (Lipinski definition) is 0. The molecule has 0 fully saturated rings. The number of thiophene rings is 2. The summed E-state index contributed by atoms with van der Waals surface area (Å²) in [6.45, 7) is 0. The maximum absolute atomic E-state index is 2.36. The zero-order chi connectivity index (χ0) is 28.3. The second kappa shape index (κ2) is 9.81. The van der Waals surface area contributed by atoms with Gasteiger partial charge in [-0.05, 0) is 88.6 Å². The molecule has 0 amide bonds. The quantitative estimate of drug-likeness (QED) is 0.199. The molecule has 0 atom stereocenters. The normalized spacial score (nSPS) is 11.7. The summed E-state index contributed by atoms with van der Waals surface area (Å²) in [6.07, 6.45) is 0. The van der Waals surface area contributed by atoms with E-state index in [1.165, 1.54) is 62.2 Å². The number of rotatable bonds is 4. The molecule has 0 radical (unpaired) electrons. The van der Waals surface area contributed by atoms with E-state index >= 15 is 0 Å². The molecule has 0 aliphatic carbocycles. The van der Waals surface area contributed by atoms with E-state index in [-0.39, 0.29) is 0 Å². The molecule has 43 heavy (non-hydrogen) atoms. The van der Waals surface area contributed by atoms with Crippen LogP contribution in [-0.2, 0) is 0 Å². The van der Waals surface area contributed by atoms with Gasteiger partial charge in [0.2, 0.25) is 0 Å². The fraction of sp³-hybridized carbons (Fsp3) is 0. The van der Waals surface area contributed by atoms with Gasteiger partial charge in [0.15, 0.2) is 0 Å². The first kappa shape index (κ1) is 24.6. The number of fused-ring (bicyclic) bond motifs is 8. The van der Waals surface area contributed by atoms with Crippen molar-refractivity contribution in [3.8, 4) is 11.1 Å². The molecule has 3 heteroatoms. The molecule has 0 unspecified atom stereocenters. The molecule has 9 aromatic rings. The van der Waals surface area contributed by atoms with E-state index in [0.717, 1.165) is 17.1 Å². The van der Waals surface area contributed by atoms with Gasteiger partial charge in [0, 0.05) is 57.4 Å². The van der Waals surface area contributed by atoms with Crippen LogP contribution in [0.3, 0.4) is 0 Å². The van der Waals surface area contributed by atoms with Crippen LogP contribution in [0.5, 0.6) is 0 Å². The maximum atomic E-state index is 2.36. The molecule has 1 nitrogen and oxygen atoms in total. The van der Waals surface area contributed by atoms with Gasteiger partial charge in [-0.1, -0.05) is 84.9 Å². The average Bonchev–Trinajstić information content (AvgIpc) is 3.64. The molecular formula is C40H25NS2. The fourth-order valence-corrected chi connectivity index (χ4v) is 8.62. The Morgan fingerprint density at radius 3 is 1.79 bits per heavy atom. The van der Waals surface area contributed by atoms with E-state index in [2.05, 4.69) is 157 Å². The zero-order valence-corrected chi connectivity index (χ0v) is 24.8. The minimum atomic E-state index is 1.14. The number of nitrogens with zero attached hydrogens (tertiary/aromatic N) is 1. The first-order valence-corrected chi connectivity index (χ1v) is 16.1. The second-order valence-corrected chi connectivity index (χ2v) is 13.1. The van der Waals surface area contributed by atoms with Crippen LogP contribution >= 0.6 is 22.7 Å². The lowest BCUT2D eigenvalue weighted by Crippen LogP contribution is -2.09. The summed E-state index contributed by atoms with van der Waals surface area (Å²) < 4.78 is 5.34. The maximum Gasteiger partial charge on any atom is 0.0468 e. The first-order valence-electron chi connectivity index (χ1n) is 14.5. The predicted molar refractivity (Wildman–Crippen MR) is 190 cm³/mol. The lowest BCUT2D eigenvalue weighted by atomic mass is 9.98. The molecule has 0 spiro atoms. The Kier molecular flexibility index (Phi) is 5.62. The molecule has 7 aromatic carbocycles. The van der Waals surface area contributed by atoms with Gasteiger partial charge in [-0.15, -0.1) is 22.7 Å². The van der Waals surface area contributed by atoms with Gasteiger partial charge in [-0.3, -0.25) is 0 Å². The van der Waals surface area contributed by atoms with Crippen molar-refractivity contribution in [1.82, 2.24) is 0 Å². The fourth-order valence-electron chi connectivity index (χ4n) is 6.41. The van der Waals surface area contributed by atoms with Crippen molar-refractivity contribution in [3.05, 3.63) is 152 Å². The molecule has 202 valence electrons. The van der Waals surface area contributed by atoms with Crippen LogP contribution in [0.15, 0.2) is 152 Å². The lowest BCUT2D eigenvalue weighted by molar-refractivity contribution is 1.29. The second-order valence-electron chi connectivity index (χ2n) is 11.0. The third kappa shape index (κ3) is 4.04. The van der Waals surface area contributed by atoms with Crippen molar-refractivity contribution >= 4 is 90.9 Å². The molecule has 2 heterocycles. The van der Waals surface area contributed by atoms with E-state index in [1.807, 2.05) is 22.7 Å². The number of benzene rings is 7. The van der Waals surface area contributed by atoms with Crippen LogP contribution in [-0.4, -0.2) is 0 Å². The molecule has 0 aliphatic heterocycles. The Hall–Kier alpha value is -4.96. The number of hydrogen-bond acceptors (Lipinski definition) is 3. The SMILES string of the molecule is c1ccc(N(c2ccc(-c3ccc4c(ccc5sc6ccccc6c54)c3)cc2)c2ccc3sc4ccccc4c3c2)cc1. The highest BCUT2D eigenvalue weighted by atomic mass is 32.1. The van der Waals surface area contributed by atoms with E-state index < -0.39 is 0 Å². The first-order chi connectivity index (χ1) is 21.3. The van der Waals surface area contributed by atoms with Crippen LogP contribution in [0.1, 0.15) is 0 Å². The lowest BCUT2D eigenvalue weighted by Gasteiger charge is -2.26. The third-order valence-electron chi connectivity index (χ3n) is 8.45. The summed E-state index contributed by atoms with van der Waals surface area (Å²) in [4.78, 5) is 2.36. The Labute approximate surface area is 257 Å². The molecule has 0 saturated carbocycles. The largest absolute Gasteiger partial charge is 0.310 e. The third-order valence-corrected chi connectivity index (χ3v) is 10.7. The monoisotopic (exact) mass is 583 g/mol. The van der Waals surface area contributed by atoms with Crippen LogP contribution in [0, 0.1) is 0 Å². The van der Waals surface area contributed by atoms with Crippen LogP contribution in [0.25, 0.3) is 62.2 Å². The van der Waals surface area contributed by atoms with Gasteiger partial charge in [-0.25, -0.2) is 0 Å². The van der Waals surface area contributed by atoms with Crippen molar-refractivity contribution in [2.75, 3.05) is 4.90 Å². The summed E-state index contributed by atoms with van der Waals surface area (Å²) in [7, 11) is 0. The highest BCUT2D eigenvalue weighted by Gasteiger charge is 2.15. The molecule has 2 aromatic heterocycles. The van der Waals surface area contributed by atoms with Crippen molar-refractivity contribution < 1.29 is 0 Å². The van der Waals surface area contributed by atoms with Gasteiger partial charge < -0.3 is 4.90 Å². The van der Waals surface area contributed by atoms with Gasteiger partial charge in [0.1, 0.15) is 0 Å². The van der Waals surface area contributed by atoms with E-state index in [9.17, 15) is 0 Å². The highest BCUT2D eigenvalue weighted by Crippen LogP contribution is 2.42. The van der Waals surface area contributed by atoms with Gasteiger partial charge in [0.05, 0.1) is 0 Å². The Morgan fingerprint density at radius 1 is 0.349 bits per heavy atom. The Balaban J connectivity index is 1.13.